The van der Waals surface area contributed by atoms with Crippen molar-refractivity contribution >= 4 is 33.2 Å². The second-order valence-corrected chi connectivity index (χ2v) is 4.64. The van der Waals surface area contributed by atoms with Gasteiger partial charge >= 0.3 is 0 Å². The number of nitrogens with two attached hydrogens (primary N) is 1. The van der Waals surface area contributed by atoms with E-state index in [1.807, 2.05) is 24.3 Å². The van der Waals surface area contributed by atoms with Crippen LogP contribution in [0.1, 0.15) is 6.92 Å². The van der Waals surface area contributed by atoms with Crippen molar-refractivity contribution in [3.63, 3.8) is 0 Å². The number of amides is 1. The number of rotatable bonds is 2. The number of carbonyl (C=O) groups is 1. The van der Waals surface area contributed by atoms with E-state index in [9.17, 15) is 4.79 Å². The van der Waals surface area contributed by atoms with Crippen molar-refractivity contribution in [3.8, 4) is 11.3 Å². The van der Waals surface area contributed by atoms with Crippen LogP contribution in [0, 0.1) is 0 Å². The van der Waals surface area contributed by atoms with Crippen molar-refractivity contribution in [2.24, 2.45) is 0 Å². The first kappa shape index (κ1) is 12.6. The minimum atomic E-state index is -0.0946. The van der Waals surface area contributed by atoms with Gasteiger partial charge in [0.2, 0.25) is 5.91 Å². The number of nitrogens with one attached hydrogen (secondary N) is 1. The Morgan fingerprint density at radius 2 is 1.89 bits per heavy atom. The zero-order valence-corrected chi connectivity index (χ0v) is 11.4. The molecule has 0 aliphatic carbocycles. The van der Waals surface area contributed by atoms with Gasteiger partial charge in [0.15, 0.2) is 0 Å². The summed E-state index contributed by atoms with van der Waals surface area (Å²) >= 11 is 3.32. The molecule has 1 aromatic carbocycles. The molecule has 0 atom stereocenters. The Morgan fingerprint density at radius 1 is 1.22 bits per heavy atom. The number of anilines is 2. The summed E-state index contributed by atoms with van der Waals surface area (Å²) < 4.78 is 0.734. The van der Waals surface area contributed by atoms with Crippen LogP contribution in [0.5, 0.6) is 0 Å². The van der Waals surface area contributed by atoms with E-state index in [4.69, 9.17) is 5.73 Å². The summed E-state index contributed by atoms with van der Waals surface area (Å²) in [6.45, 7) is 1.47. The molecule has 0 spiro atoms. The number of benzene rings is 1. The van der Waals surface area contributed by atoms with E-state index in [0.29, 0.717) is 5.69 Å². The first-order chi connectivity index (χ1) is 8.56. The molecule has 0 radical (unpaired) electrons. The average molecular weight is 306 g/mol. The molecule has 5 heteroatoms. The standard InChI is InChI=1S/C13H12BrN3O/c1-8(18)16-10-4-2-9(3-5-10)13-11(15)6-7-12(14)17-13/h2-7H,15H2,1H3,(H,16,18). The number of nitrogen functional groups attached to an aromatic ring is 1. The quantitative estimate of drug-likeness (QED) is 0.838. The van der Waals surface area contributed by atoms with E-state index in [0.717, 1.165) is 21.5 Å². The summed E-state index contributed by atoms with van der Waals surface area (Å²) in [5.74, 6) is -0.0946. The lowest BCUT2D eigenvalue weighted by atomic mass is 10.1. The van der Waals surface area contributed by atoms with Gasteiger partial charge in [-0.2, -0.15) is 0 Å². The Balaban J connectivity index is 2.34. The van der Waals surface area contributed by atoms with Crippen LogP contribution in [-0.2, 0) is 4.79 Å². The van der Waals surface area contributed by atoms with E-state index in [1.54, 1.807) is 12.1 Å². The van der Waals surface area contributed by atoms with Crippen LogP contribution in [0.4, 0.5) is 11.4 Å². The van der Waals surface area contributed by atoms with Crippen LogP contribution in [-0.4, -0.2) is 10.9 Å². The maximum atomic E-state index is 10.9. The molecule has 1 amide bonds. The van der Waals surface area contributed by atoms with Crippen LogP contribution in [0.15, 0.2) is 41.0 Å². The number of nitrogens with zero attached hydrogens (tertiary/aromatic N) is 1. The maximum absolute atomic E-state index is 10.9. The van der Waals surface area contributed by atoms with Crippen LogP contribution in [0.2, 0.25) is 0 Å². The zero-order chi connectivity index (χ0) is 13.1. The normalized spacial score (nSPS) is 10.1. The molecule has 18 heavy (non-hydrogen) atoms. The third-order valence-corrected chi connectivity index (χ3v) is 2.81. The van der Waals surface area contributed by atoms with Gasteiger partial charge in [0, 0.05) is 18.2 Å². The van der Waals surface area contributed by atoms with E-state index >= 15 is 0 Å². The zero-order valence-electron chi connectivity index (χ0n) is 9.77. The molecule has 4 nitrogen and oxygen atoms in total. The van der Waals surface area contributed by atoms with Gasteiger partial charge in [0.1, 0.15) is 4.60 Å². The Bertz CT molecular complexity index is 581. The minimum Gasteiger partial charge on any atom is -0.397 e. The molecule has 2 aromatic rings. The van der Waals surface area contributed by atoms with Crippen LogP contribution < -0.4 is 11.1 Å². The molecular formula is C13H12BrN3O. The van der Waals surface area contributed by atoms with Crippen molar-refractivity contribution in [3.05, 3.63) is 41.0 Å². The average Bonchev–Trinajstić information content (AvgIpc) is 2.33. The van der Waals surface area contributed by atoms with Crippen LogP contribution in [0.3, 0.4) is 0 Å². The lowest BCUT2D eigenvalue weighted by molar-refractivity contribution is -0.114. The molecule has 0 saturated heterocycles. The second-order valence-electron chi connectivity index (χ2n) is 3.83. The maximum Gasteiger partial charge on any atom is 0.221 e. The van der Waals surface area contributed by atoms with Crippen LogP contribution >= 0.6 is 15.9 Å². The summed E-state index contributed by atoms with van der Waals surface area (Å²) in [5.41, 5.74) is 8.88. The highest BCUT2D eigenvalue weighted by Crippen LogP contribution is 2.26. The molecule has 0 aliphatic rings. The molecule has 0 saturated carbocycles. The van der Waals surface area contributed by atoms with Gasteiger partial charge in [-0.15, -0.1) is 0 Å². The largest absolute Gasteiger partial charge is 0.397 e. The summed E-state index contributed by atoms with van der Waals surface area (Å²) in [6, 6.07) is 11.0. The fraction of sp³-hybridized carbons (Fsp3) is 0.0769. The molecule has 3 N–H and O–H groups in total. The fourth-order valence-corrected chi connectivity index (χ4v) is 1.90. The molecule has 0 fully saturated rings. The number of halogens is 1. The highest BCUT2D eigenvalue weighted by molar-refractivity contribution is 9.10. The summed E-state index contributed by atoms with van der Waals surface area (Å²) in [6.07, 6.45) is 0. The molecular weight excluding hydrogens is 294 g/mol. The van der Waals surface area contributed by atoms with Gasteiger partial charge in [0.05, 0.1) is 11.4 Å². The smallest absolute Gasteiger partial charge is 0.221 e. The monoisotopic (exact) mass is 305 g/mol. The van der Waals surface area contributed by atoms with Gasteiger partial charge in [0.25, 0.3) is 0 Å². The van der Waals surface area contributed by atoms with E-state index in [1.165, 1.54) is 6.92 Å². The van der Waals surface area contributed by atoms with Crippen molar-refractivity contribution in [1.82, 2.24) is 4.98 Å². The lowest BCUT2D eigenvalue weighted by Crippen LogP contribution is -2.05. The van der Waals surface area contributed by atoms with Crippen molar-refractivity contribution in [2.45, 2.75) is 6.92 Å². The fourth-order valence-electron chi connectivity index (χ4n) is 1.59. The minimum absolute atomic E-state index is 0.0946. The van der Waals surface area contributed by atoms with Gasteiger partial charge in [-0.25, -0.2) is 4.98 Å². The van der Waals surface area contributed by atoms with E-state index in [-0.39, 0.29) is 5.91 Å². The Kier molecular flexibility index (Phi) is 3.62. The topological polar surface area (TPSA) is 68.0 Å². The molecule has 2 rings (SSSR count). The highest BCUT2D eigenvalue weighted by atomic mass is 79.9. The van der Waals surface area contributed by atoms with E-state index in [2.05, 4.69) is 26.2 Å². The number of hydrogen-bond acceptors (Lipinski definition) is 3. The third-order valence-electron chi connectivity index (χ3n) is 2.37. The lowest BCUT2D eigenvalue weighted by Gasteiger charge is -2.07. The molecule has 0 bridgehead atoms. The van der Waals surface area contributed by atoms with Crippen molar-refractivity contribution in [1.29, 1.82) is 0 Å². The van der Waals surface area contributed by atoms with Gasteiger partial charge in [-0.1, -0.05) is 12.1 Å². The molecule has 1 aromatic heterocycles. The third kappa shape index (κ3) is 2.87. The highest BCUT2D eigenvalue weighted by Gasteiger charge is 2.05. The first-order valence-corrected chi connectivity index (χ1v) is 6.15. The Labute approximate surface area is 113 Å². The number of aromatic nitrogens is 1. The van der Waals surface area contributed by atoms with Crippen molar-refractivity contribution in [2.75, 3.05) is 11.1 Å². The number of pyridine rings is 1. The Morgan fingerprint density at radius 3 is 2.50 bits per heavy atom. The van der Waals surface area contributed by atoms with Gasteiger partial charge in [-0.3, -0.25) is 4.79 Å². The van der Waals surface area contributed by atoms with Gasteiger partial charge < -0.3 is 11.1 Å². The molecule has 1 heterocycles. The van der Waals surface area contributed by atoms with Crippen molar-refractivity contribution < 1.29 is 4.79 Å². The Hall–Kier alpha value is -1.88. The summed E-state index contributed by atoms with van der Waals surface area (Å²) in [4.78, 5) is 15.3. The predicted octanol–water partition coefficient (Wildman–Crippen LogP) is 3.05. The number of hydrogen-bond donors (Lipinski definition) is 2. The van der Waals surface area contributed by atoms with Gasteiger partial charge in [-0.05, 0) is 40.2 Å². The SMILES string of the molecule is CC(=O)Nc1ccc(-c2nc(Br)ccc2N)cc1. The van der Waals surface area contributed by atoms with Crippen LogP contribution in [0.25, 0.3) is 11.3 Å². The molecule has 0 unspecified atom stereocenters. The number of carbonyl (C=O) groups excluding carboxylic acids is 1. The molecule has 92 valence electrons. The summed E-state index contributed by atoms with van der Waals surface area (Å²) in [7, 11) is 0. The second kappa shape index (κ2) is 5.18. The molecule has 0 aliphatic heterocycles. The first-order valence-electron chi connectivity index (χ1n) is 5.36. The predicted molar refractivity (Wildman–Crippen MR) is 76.1 cm³/mol. The summed E-state index contributed by atoms with van der Waals surface area (Å²) in [5, 5.41) is 2.71. The van der Waals surface area contributed by atoms with E-state index < -0.39 is 0 Å².